The van der Waals surface area contributed by atoms with Gasteiger partial charge in [0.05, 0.1) is 6.26 Å². The van der Waals surface area contributed by atoms with E-state index in [1.807, 2.05) is 0 Å². The average molecular weight is 245 g/mol. The number of hydrogen-bond acceptors (Lipinski definition) is 3. The molecule has 0 aliphatic rings. The van der Waals surface area contributed by atoms with Crippen molar-refractivity contribution < 1.29 is 22.6 Å². The molecule has 0 heterocycles. The first kappa shape index (κ1) is 13.1. The lowest BCUT2D eigenvalue weighted by Crippen LogP contribution is -2.16. The van der Waals surface area contributed by atoms with E-state index in [2.05, 4.69) is 4.74 Å². The van der Waals surface area contributed by atoms with Crippen LogP contribution in [0.25, 0.3) is 6.08 Å². The highest BCUT2D eigenvalue weighted by Gasteiger charge is 2.30. The number of halogens is 3. The number of hydrogen-bond donors (Lipinski definition) is 1. The van der Waals surface area contributed by atoms with E-state index in [0.29, 0.717) is 5.56 Å². The van der Waals surface area contributed by atoms with Gasteiger partial charge in [-0.3, -0.25) is 5.41 Å². The molecule has 1 rings (SSSR count). The summed E-state index contributed by atoms with van der Waals surface area (Å²) in [6.07, 6.45) is -1.88. The molecule has 0 saturated carbocycles. The quantitative estimate of drug-likeness (QED) is 0.502. The second-order valence-electron chi connectivity index (χ2n) is 3.09. The molecule has 0 unspecified atom stereocenters. The first-order valence-corrected chi connectivity index (χ1v) is 4.61. The smallest absolute Gasteiger partial charge is 0.452 e. The summed E-state index contributed by atoms with van der Waals surface area (Å²) in [5.41, 5.74) is 0.640. The van der Waals surface area contributed by atoms with Crippen LogP contribution in [0.3, 0.4) is 0 Å². The highest BCUT2D eigenvalue weighted by molar-refractivity contribution is 5.70. The lowest BCUT2D eigenvalue weighted by atomic mass is 10.2. The standard InChI is InChI=1S/C11H10F3NO2/c1-8(15)16-7-6-9-2-4-10(5-3-9)17-11(12,13)14/h2-7,15H,1H3/b7-6+,15-8?. The molecule has 92 valence electrons. The maximum Gasteiger partial charge on any atom is 0.573 e. The Kier molecular flexibility index (Phi) is 4.14. The monoisotopic (exact) mass is 245 g/mol. The number of nitrogens with one attached hydrogen (secondary N) is 1. The van der Waals surface area contributed by atoms with Crippen LogP contribution in [0.4, 0.5) is 13.2 Å². The van der Waals surface area contributed by atoms with Crippen LogP contribution in [0.15, 0.2) is 30.5 Å². The van der Waals surface area contributed by atoms with E-state index in [1.54, 1.807) is 0 Å². The van der Waals surface area contributed by atoms with Crippen LogP contribution >= 0.6 is 0 Å². The van der Waals surface area contributed by atoms with Crippen LogP contribution in [-0.4, -0.2) is 12.3 Å². The van der Waals surface area contributed by atoms with Gasteiger partial charge in [-0.05, 0) is 23.8 Å². The molecule has 0 fully saturated rings. The first-order valence-electron chi connectivity index (χ1n) is 4.61. The van der Waals surface area contributed by atoms with Crippen molar-refractivity contribution in [1.82, 2.24) is 0 Å². The summed E-state index contributed by atoms with van der Waals surface area (Å²) < 4.78 is 44.0. The maximum absolute atomic E-state index is 11.9. The van der Waals surface area contributed by atoms with E-state index < -0.39 is 6.36 Å². The van der Waals surface area contributed by atoms with E-state index in [1.165, 1.54) is 43.5 Å². The number of rotatable bonds is 3. The summed E-state index contributed by atoms with van der Waals surface area (Å²) in [6.45, 7) is 1.46. The molecule has 1 aromatic carbocycles. The van der Waals surface area contributed by atoms with E-state index in [-0.39, 0.29) is 11.6 Å². The van der Waals surface area contributed by atoms with Gasteiger partial charge in [0, 0.05) is 6.92 Å². The average Bonchev–Trinajstić information content (AvgIpc) is 2.18. The Bertz CT molecular complexity index is 410. The molecule has 0 radical (unpaired) electrons. The molecule has 0 saturated heterocycles. The fraction of sp³-hybridized carbons (Fsp3) is 0.182. The van der Waals surface area contributed by atoms with Gasteiger partial charge in [0.1, 0.15) is 5.75 Å². The molecule has 17 heavy (non-hydrogen) atoms. The van der Waals surface area contributed by atoms with E-state index >= 15 is 0 Å². The highest BCUT2D eigenvalue weighted by atomic mass is 19.4. The van der Waals surface area contributed by atoms with Crippen LogP contribution < -0.4 is 4.74 Å². The summed E-state index contributed by atoms with van der Waals surface area (Å²) in [5, 5.41) is 6.97. The van der Waals surface area contributed by atoms with Crippen molar-refractivity contribution in [2.24, 2.45) is 0 Å². The van der Waals surface area contributed by atoms with E-state index in [4.69, 9.17) is 10.1 Å². The Morgan fingerprint density at radius 3 is 2.29 bits per heavy atom. The van der Waals surface area contributed by atoms with Crippen molar-refractivity contribution in [1.29, 1.82) is 5.41 Å². The third kappa shape index (κ3) is 5.60. The predicted octanol–water partition coefficient (Wildman–Crippen LogP) is 3.57. The van der Waals surface area contributed by atoms with Crippen molar-refractivity contribution in [3.05, 3.63) is 36.1 Å². The van der Waals surface area contributed by atoms with Crippen molar-refractivity contribution in [3.8, 4) is 5.75 Å². The zero-order valence-corrected chi connectivity index (χ0v) is 8.91. The van der Waals surface area contributed by atoms with Gasteiger partial charge in [-0.1, -0.05) is 12.1 Å². The molecule has 0 aromatic heterocycles. The predicted molar refractivity (Wildman–Crippen MR) is 56.6 cm³/mol. The Labute approximate surface area is 96.0 Å². The third-order valence-corrected chi connectivity index (χ3v) is 1.62. The summed E-state index contributed by atoms with van der Waals surface area (Å²) in [6, 6.07) is 5.29. The molecular weight excluding hydrogens is 235 g/mol. The van der Waals surface area contributed by atoms with Gasteiger partial charge >= 0.3 is 6.36 Å². The van der Waals surface area contributed by atoms with Gasteiger partial charge in [0.15, 0.2) is 5.90 Å². The molecule has 0 aliphatic carbocycles. The molecule has 1 aromatic rings. The number of alkyl halides is 3. The van der Waals surface area contributed by atoms with Gasteiger partial charge in [-0.2, -0.15) is 0 Å². The van der Waals surface area contributed by atoms with Crippen molar-refractivity contribution in [2.45, 2.75) is 13.3 Å². The molecule has 1 N–H and O–H groups in total. The van der Waals surface area contributed by atoms with Crippen LogP contribution in [0.5, 0.6) is 5.75 Å². The zero-order valence-electron chi connectivity index (χ0n) is 8.91. The van der Waals surface area contributed by atoms with Gasteiger partial charge in [-0.25, -0.2) is 0 Å². The van der Waals surface area contributed by atoms with Crippen LogP contribution in [0.1, 0.15) is 12.5 Å². The lowest BCUT2D eigenvalue weighted by Gasteiger charge is -2.08. The van der Waals surface area contributed by atoms with E-state index in [9.17, 15) is 13.2 Å². The largest absolute Gasteiger partial charge is 0.573 e. The molecule has 3 nitrogen and oxygen atoms in total. The summed E-state index contributed by atoms with van der Waals surface area (Å²) in [5.74, 6) is -0.253. The Hall–Kier alpha value is -1.98. The van der Waals surface area contributed by atoms with Crippen LogP contribution in [-0.2, 0) is 4.74 Å². The molecule has 0 amide bonds. The normalized spacial score (nSPS) is 11.5. The minimum Gasteiger partial charge on any atom is -0.452 e. The van der Waals surface area contributed by atoms with Crippen molar-refractivity contribution >= 4 is 12.0 Å². The SMILES string of the molecule is CC(=N)O/C=C/c1ccc(OC(F)(F)F)cc1. The second kappa shape index (κ2) is 5.38. The fourth-order valence-corrected chi connectivity index (χ4v) is 0.995. The summed E-state index contributed by atoms with van der Waals surface area (Å²) in [4.78, 5) is 0. The van der Waals surface area contributed by atoms with Crippen LogP contribution in [0, 0.1) is 5.41 Å². The van der Waals surface area contributed by atoms with Gasteiger partial charge in [0.2, 0.25) is 0 Å². The van der Waals surface area contributed by atoms with Crippen molar-refractivity contribution in [3.63, 3.8) is 0 Å². The summed E-state index contributed by atoms with van der Waals surface area (Å²) >= 11 is 0. The third-order valence-electron chi connectivity index (χ3n) is 1.62. The molecule has 0 aliphatic heterocycles. The molecule has 0 atom stereocenters. The second-order valence-corrected chi connectivity index (χ2v) is 3.09. The van der Waals surface area contributed by atoms with Crippen molar-refractivity contribution in [2.75, 3.05) is 0 Å². The maximum atomic E-state index is 11.9. The minimum atomic E-state index is -4.68. The lowest BCUT2D eigenvalue weighted by molar-refractivity contribution is -0.274. The Morgan fingerprint density at radius 2 is 1.82 bits per heavy atom. The molecule has 0 spiro atoms. The first-order chi connectivity index (χ1) is 7.87. The fourth-order valence-electron chi connectivity index (χ4n) is 0.995. The molecule has 6 heteroatoms. The Balaban J connectivity index is 2.62. The van der Waals surface area contributed by atoms with Gasteiger partial charge in [0.25, 0.3) is 0 Å². The topological polar surface area (TPSA) is 42.3 Å². The highest BCUT2D eigenvalue weighted by Crippen LogP contribution is 2.22. The molecular formula is C11H10F3NO2. The van der Waals surface area contributed by atoms with Crippen LogP contribution in [0.2, 0.25) is 0 Å². The minimum absolute atomic E-state index is 0.0262. The summed E-state index contributed by atoms with van der Waals surface area (Å²) in [7, 11) is 0. The number of benzene rings is 1. The Morgan fingerprint density at radius 1 is 1.24 bits per heavy atom. The van der Waals surface area contributed by atoms with E-state index in [0.717, 1.165) is 0 Å². The zero-order chi connectivity index (χ0) is 12.9. The van der Waals surface area contributed by atoms with Gasteiger partial charge < -0.3 is 9.47 Å². The molecule has 0 bridgehead atoms. The number of ether oxygens (including phenoxy) is 2. The van der Waals surface area contributed by atoms with Gasteiger partial charge in [-0.15, -0.1) is 13.2 Å².